The maximum absolute atomic E-state index is 12.8. The van der Waals surface area contributed by atoms with Gasteiger partial charge in [0.05, 0.1) is 12.0 Å². The van der Waals surface area contributed by atoms with Crippen LogP contribution in [0.2, 0.25) is 0 Å². The molecular weight excluding hydrogens is 332 g/mol. The predicted octanol–water partition coefficient (Wildman–Crippen LogP) is 1.13. The molecule has 1 saturated heterocycles. The Kier molecular flexibility index (Phi) is 3.99. The lowest BCUT2D eigenvalue weighted by molar-refractivity contribution is -0.117. The van der Waals surface area contributed by atoms with Crippen LogP contribution in [0.3, 0.4) is 0 Å². The molecule has 0 unspecified atom stereocenters. The van der Waals surface area contributed by atoms with E-state index in [1.54, 1.807) is 46.3 Å². The molecule has 0 bridgehead atoms. The molecule has 3 amide bonds. The SMILES string of the molecule is CN1C(=O)Cc2cc(C(=O)N3CCN(C(=O)c4cc[nH]c4)CC3)ccc21. The van der Waals surface area contributed by atoms with Crippen molar-refractivity contribution in [3.8, 4) is 0 Å². The van der Waals surface area contributed by atoms with Gasteiger partial charge < -0.3 is 19.7 Å². The molecule has 2 aliphatic heterocycles. The molecule has 26 heavy (non-hydrogen) atoms. The number of nitrogens with one attached hydrogen (secondary N) is 1. The van der Waals surface area contributed by atoms with Crippen LogP contribution in [0.25, 0.3) is 0 Å². The Morgan fingerprint density at radius 2 is 1.62 bits per heavy atom. The van der Waals surface area contributed by atoms with Gasteiger partial charge in [0, 0.05) is 56.9 Å². The van der Waals surface area contributed by atoms with Crippen LogP contribution in [-0.4, -0.2) is 65.7 Å². The number of likely N-dealkylation sites (N-methyl/N-ethyl adjacent to an activating group) is 1. The summed E-state index contributed by atoms with van der Waals surface area (Å²) < 4.78 is 0. The molecule has 1 fully saturated rings. The van der Waals surface area contributed by atoms with Gasteiger partial charge in [0.25, 0.3) is 11.8 Å². The zero-order chi connectivity index (χ0) is 18.3. The van der Waals surface area contributed by atoms with E-state index in [1.165, 1.54) is 0 Å². The van der Waals surface area contributed by atoms with E-state index >= 15 is 0 Å². The maximum atomic E-state index is 12.8. The van der Waals surface area contributed by atoms with Gasteiger partial charge in [0.2, 0.25) is 5.91 Å². The van der Waals surface area contributed by atoms with Crippen LogP contribution in [0, 0.1) is 0 Å². The highest BCUT2D eigenvalue weighted by Crippen LogP contribution is 2.28. The molecule has 2 aliphatic rings. The summed E-state index contributed by atoms with van der Waals surface area (Å²) in [6, 6.07) is 7.17. The van der Waals surface area contributed by atoms with Crippen LogP contribution in [0.15, 0.2) is 36.7 Å². The zero-order valence-electron chi connectivity index (χ0n) is 14.6. The van der Waals surface area contributed by atoms with E-state index in [0.717, 1.165) is 11.3 Å². The summed E-state index contributed by atoms with van der Waals surface area (Å²) in [5.41, 5.74) is 2.99. The number of anilines is 1. The van der Waals surface area contributed by atoms with Crippen LogP contribution in [-0.2, 0) is 11.2 Å². The summed E-state index contributed by atoms with van der Waals surface area (Å²) in [6.45, 7) is 2.04. The molecule has 1 N–H and O–H groups in total. The number of nitrogens with zero attached hydrogens (tertiary/aromatic N) is 3. The molecular formula is C19H20N4O3. The van der Waals surface area contributed by atoms with Gasteiger partial charge in [0.1, 0.15) is 0 Å². The summed E-state index contributed by atoms with van der Waals surface area (Å²) in [5, 5.41) is 0. The number of carbonyl (C=O) groups excluding carboxylic acids is 3. The highest BCUT2D eigenvalue weighted by atomic mass is 16.2. The summed E-state index contributed by atoms with van der Waals surface area (Å²) in [6.07, 6.45) is 3.75. The Morgan fingerprint density at radius 1 is 0.962 bits per heavy atom. The van der Waals surface area contributed by atoms with Crippen LogP contribution in [0.1, 0.15) is 26.3 Å². The van der Waals surface area contributed by atoms with Crippen LogP contribution in [0.5, 0.6) is 0 Å². The minimum Gasteiger partial charge on any atom is -0.367 e. The number of fused-ring (bicyclic) bond motifs is 1. The molecule has 0 saturated carbocycles. The normalized spacial score (nSPS) is 16.8. The Morgan fingerprint density at radius 3 is 2.23 bits per heavy atom. The van der Waals surface area contributed by atoms with E-state index in [4.69, 9.17) is 0 Å². The van der Waals surface area contributed by atoms with Crippen molar-refractivity contribution >= 4 is 23.4 Å². The monoisotopic (exact) mass is 352 g/mol. The minimum absolute atomic E-state index is 0.0163. The number of rotatable bonds is 2. The Hall–Kier alpha value is -3.09. The van der Waals surface area contributed by atoms with Crippen LogP contribution < -0.4 is 4.90 Å². The second kappa shape index (κ2) is 6.33. The molecule has 7 heteroatoms. The van der Waals surface area contributed by atoms with E-state index in [0.29, 0.717) is 43.7 Å². The summed E-state index contributed by atoms with van der Waals surface area (Å²) in [7, 11) is 1.75. The summed E-state index contributed by atoms with van der Waals surface area (Å²) in [5.74, 6) is -0.0255. The van der Waals surface area contributed by atoms with Crippen LogP contribution >= 0.6 is 0 Å². The highest BCUT2D eigenvalue weighted by Gasteiger charge is 2.28. The van der Waals surface area contributed by atoms with Crippen molar-refractivity contribution in [3.05, 3.63) is 53.3 Å². The minimum atomic E-state index is -0.0523. The number of benzene rings is 1. The molecule has 4 rings (SSSR count). The van der Waals surface area contributed by atoms with Crippen LogP contribution in [0.4, 0.5) is 5.69 Å². The van der Waals surface area contributed by atoms with Gasteiger partial charge in [-0.3, -0.25) is 14.4 Å². The van der Waals surface area contributed by atoms with E-state index < -0.39 is 0 Å². The quantitative estimate of drug-likeness (QED) is 0.880. The fraction of sp³-hybridized carbons (Fsp3) is 0.316. The Bertz CT molecular complexity index is 867. The lowest BCUT2D eigenvalue weighted by atomic mass is 10.1. The van der Waals surface area contributed by atoms with Crippen molar-refractivity contribution < 1.29 is 14.4 Å². The highest BCUT2D eigenvalue weighted by molar-refractivity contribution is 6.03. The first kappa shape index (κ1) is 16.4. The first-order valence-corrected chi connectivity index (χ1v) is 8.65. The molecule has 0 radical (unpaired) electrons. The van der Waals surface area contributed by atoms with E-state index in [9.17, 15) is 14.4 Å². The number of piperazine rings is 1. The molecule has 7 nitrogen and oxygen atoms in total. The molecule has 3 heterocycles. The van der Waals surface area contributed by atoms with Gasteiger partial charge >= 0.3 is 0 Å². The van der Waals surface area contributed by atoms with E-state index in [1.807, 2.05) is 12.1 Å². The summed E-state index contributed by atoms with van der Waals surface area (Å²) in [4.78, 5) is 45.0. The third kappa shape index (κ3) is 2.75. The molecule has 0 spiro atoms. The average molecular weight is 352 g/mol. The molecule has 1 aromatic heterocycles. The number of amides is 3. The van der Waals surface area contributed by atoms with Gasteiger partial charge in [-0.15, -0.1) is 0 Å². The number of carbonyl (C=O) groups is 3. The predicted molar refractivity (Wildman–Crippen MR) is 96.2 cm³/mol. The standard InChI is InChI=1S/C19H20N4O3/c1-21-16-3-2-13(10-15(16)11-17(21)24)18(25)22-6-8-23(9-7-22)19(26)14-4-5-20-12-14/h2-5,10,12,20H,6-9,11H2,1H3. The third-order valence-corrected chi connectivity index (χ3v) is 5.10. The second-order valence-electron chi connectivity index (χ2n) is 6.66. The average Bonchev–Trinajstić information content (AvgIpc) is 3.29. The first-order chi connectivity index (χ1) is 12.5. The van der Waals surface area contributed by atoms with Crippen molar-refractivity contribution in [2.45, 2.75) is 6.42 Å². The van der Waals surface area contributed by atoms with Gasteiger partial charge in [-0.1, -0.05) is 0 Å². The lowest BCUT2D eigenvalue weighted by Crippen LogP contribution is -2.50. The zero-order valence-corrected chi connectivity index (χ0v) is 14.6. The second-order valence-corrected chi connectivity index (χ2v) is 6.66. The number of hydrogen-bond donors (Lipinski definition) is 1. The van der Waals surface area contributed by atoms with Crippen molar-refractivity contribution in [1.29, 1.82) is 0 Å². The third-order valence-electron chi connectivity index (χ3n) is 5.10. The largest absolute Gasteiger partial charge is 0.367 e. The van der Waals surface area contributed by atoms with Crippen molar-refractivity contribution in [2.75, 3.05) is 38.1 Å². The van der Waals surface area contributed by atoms with Gasteiger partial charge in [0.15, 0.2) is 0 Å². The van der Waals surface area contributed by atoms with Crippen molar-refractivity contribution in [2.24, 2.45) is 0 Å². The molecule has 0 atom stereocenters. The fourth-order valence-corrected chi connectivity index (χ4v) is 3.54. The number of hydrogen-bond acceptors (Lipinski definition) is 3. The number of aromatic amines is 1. The number of H-pyrrole nitrogens is 1. The summed E-state index contributed by atoms with van der Waals surface area (Å²) >= 11 is 0. The number of aromatic nitrogens is 1. The maximum Gasteiger partial charge on any atom is 0.255 e. The Labute approximate surface area is 151 Å². The molecule has 134 valence electrons. The van der Waals surface area contributed by atoms with E-state index in [2.05, 4.69) is 4.98 Å². The van der Waals surface area contributed by atoms with Crippen molar-refractivity contribution in [1.82, 2.24) is 14.8 Å². The molecule has 1 aromatic carbocycles. The topological polar surface area (TPSA) is 76.7 Å². The van der Waals surface area contributed by atoms with Gasteiger partial charge in [-0.25, -0.2) is 0 Å². The fourth-order valence-electron chi connectivity index (χ4n) is 3.54. The van der Waals surface area contributed by atoms with Gasteiger partial charge in [-0.2, -0.15) is 0 Å². The Balaban J connectivity index is 1.42. The van der Waals surface area contributed by atoms with E-state index in [-0.39, 0.29) is 17.7 Å². The molecule has 2 aromatic rings. The lowest BCUT2D eigenvalue weighted by Gasteiger charge is -2.34. The smallest absolute Gasteiger partial charge is 0.255 e. The van der Waals surface area contributed by atoms with Gasteiger partial charge in [-0.05, 0) is 29.8 Å². The first-order valence-electron chi connectivity index (χ1n) is 8.65. The molecule has 0 aliphatic carbocycles. The van der Waals surface area contributed by atoms with Crippen molar-refractivity contribution in [3.63, 3.8) is 0 Å².